The van der Waals surface area contributed by atoms with E-state index >= 15 is 0 Å². The molecule has 3 nitrogen and oxygen atoms in total. The normalized spacial score (nSPS) is 24.9. The van der Waals surface area contributed by atoms with Crippen molar-refractivity contribution < 1.29 is 13.7 Å². The van der Waals surface area contributed by atoms with Crippen LogP contribution in [0.4, 0.5) is 0 Å². The molecule has 1 aromatic heterocycles. The Kier molecular flexibility index (Phi) is 2.43. The maximum Gasteiger partial charge on any atom is 0.498 e. The molecule has 0 amide bonds. The van der Waals surface area contributed by atoms with E-state index < -0.39 is 0 Å². The van der Waals surface area contributed by atoms with Gasteiger partial charge in [-0.2, -0.15) is 0 Å². The molecule has 82 valence electrons. The van der Waals surface area contributed by atoms with Gasteiger partial charge in [0.1, 0.15) is 11.5 Å². The highest BCUT2D eigenvalue weighted by Gasteiger charge is 2.45. The summed E-state index contributed by atoms with van der Waals surface area (Å²) in [6, 6.07) is 1.98. The predicted molar refractivity (Wildman–Crippen MR) is 59.3 cm³/mol. The van der Waals surface area contributed by atoms with Gasteiger partial charge in [-0.25, -0.2) is 0 Å². The van der Waals surface area contributed by atoms with Crippen molar-refractivity contribution in [2.45, 2.75) is 46.3 Å². The van der Waals surface area contributed by atoms with Gasteiger partial charge in [0.05, 0.1) is 11.7 Å². The fourth-order valence-electron chi connectivity index (χ4n) is 1.77. The van der Waals surface area contributed by atoms with Crippen LogP contribution >= 0.6 is 0 Å². The fraction of sp³-hybridized carbons (Fsp3) is 0.636. The summed E-state index contributed by atoms with van der Waals surface area (Å²) in [7, 11) is -0.285. The molecular formula is C11H17BO3. The highest BCUT2D eigenvalue weighted by atomic mass is 16.7. The van der Waals surface area contributed by atoms with E-state index in [1.54, 1.807) is 0 Å². The molecule has 2 heterocycles. The number of rotatable bonds is 1. The quantitative estimate of drug-likeness (QED) is 0.659. The second kappa shape index (κ2) is 3.39. The maximum absolute atomic E-state index is 5.86. The second-order valence-corrected chi connectivity index (χ2v) is 4.70. The van der Waals surface area contributed by atoms with Crippen LogP contribution in [0.3, 0.4) is 0 Å². The molecule has 0 saturated carbocycles. The van der Waals surface area contributed by atoms with E-state index in [1.165, 1.54) is 0 Å². The number of hydrogen-bond donors (Lipinski definition) is 0. The van der Waals surface area contributed by atoms with Gasteiger partial charge in [0, 0.05) is 5.46 Å². The monoisotopic (exact) mass is 208 g/mol. The molecule has 4 heteroatoms. The molecule has 0 bridgehead atoms. The molecule has 0 radical (unpaired) electrons. The van der Waals surface area contributed by atoms with E-state index in [0.717, 1.165) is 17.0 Å². The van der Waals surface area contributed by atoms with Gasteiger partial charge < -0.3 is 13.7 Å². The summed E-state index contributed by atoms with van der Waals surface area (Å²) in [5.41, 5.74) is 0.771. The maximum atomic E-state index is 5.86. The Morgan fingerprint density at radius 1 is 1.33 bits per heavy atom. The Labute approximate surface area is 90.9 Å². The molecule has 15 heavy (non-hydrogen) atoms. The average molecular weight is 208 g/mol. The molecule has 0 N–H and O–H groups in total. The third kappa shape index (κ3) is 1.84. The zero-order valence-electron chi connectivity index (χ0n) is 9.96. The van der Waals surface area contributed by atoms with Crippen LogP contribution in [0.25, 0.3) is 0 Å². The molecular weight excluding hydrogens is 191 g/mol. The lowest BCUT2D eigenvalue weighted by Gasteiger charge is -2.21. The van der Waals surface area contributed by atoms with Crippen LogP contribution < -0.4 is 5.46 Å². The van der Waals surface area contributed by atoms with E-state index in [-0.39, 0.29) is 18.8 Å². The first kappa shape index (κ1) is 10.8. The Hall–Kier alpha value is -0.735. The molecule has 1 saturated heterocycles. The summed E-state index contributed by atoms with van der Waals surface area (Å²) >= 11 is 0. The van der Waals surface area contributed by atoms with Crippen LogP contribution in [-0.4, -0.2) is 18.8 Å². The zero-order chi connectivity index (χ0) is 11.2. The first-order valence-corrected chi connectivity index (χ1v) is 5.30. The first-order chi connectivity index (χ1) is 6.90. The van der Waals surface area contributed by atoms with Crippen molar-refractivity contribution in [2.75, 3.05) is 0 Å². The van der Waals surface area contributed by atoms with Gasteiger partial charge in [0.2, 0.25) is 0 Å². The van der Waals surface area contributed by atoms with E-state index in [9.17, 15) is 0 Å². The third-order valence-corrected chi connectivity index (χ3v) is 3.05. The second-order valence-electron chi connectivity index (χ2n) is 4.70. The van der Waals surface area contributed by atoms with E-state index in [1.807, 2.05) is 40.7 Å². The van der Waals surface area contributed by atoms with Crippen molar-refractivity contribution in [3.05, 3.63) is 17.6 Å². The molecule has 1 aliphatic rings. The van der Waals surface area contributed by atoms with Crippen molar-refractivity contribution in [1.82, 2.24) is 0 Å². The minimum atomic E-state index is -0.285. The molecule has 1 unspecified atom stereocenters. The van der Waals surface area contributed by atoms with Gasteiger partial charge in [-0.1, -0.05) is 0 Å². The molecule has 1 fully saturated rings. The van der Waals surface area contributed by atoms with E-state index in [0.29, 0.717) is 0 Å². The molecule has 1 atom stereocenters. The summed E-state index contributed by atoms with van der Waals surface area (Å²) in [6.45, 7) is 9.98. The SMILES string of the molecule is Cc1cc(B2OC(C)C(C)(C)O2)c(C)o1. The molecule has 0 aliphatic carbocycles. The molecule has 0 spiro atoms. The summed E-state index contributed by atoms with van der Waals surface area (Å²) in [5.74, 6) is 1.77. The highest BCUT2D eigenvalue weighted by Crippen LogP contribution is 2.27. The van der Waals surface area contributed by atoms with Crippen LogP contribution in [0.2, 0.25) is 0 Å². The van der Waals surface area contributed by atoms with Crippen LogP contribution in [0.15, 0.2) is 10.5 Å². The summed E-state index contributed by atoms with van der Waals surface area (Å²) in [6.07, 6.45) is 0.0945. The van der Waals surface area contributed by atoms with Gasteiger partial charge in [0.25, 0.3) is 0 Å². The number of furan rings is 1. The highest BCUT2D eigenvalue weighted by molar-refractivity contribution is 6.62. The van der Waals surface area contributed by atoms with Crippen LogP contribution in [0.1, 0.15) is 32.3 Å². The largest absolute Gasteiger partial charge is 0.498 e. The summed E-state index contributed by atoms with van der Waals surface area (Å²) in [5, 5.41) is 0. The number of aryl methyl sites for hydroxylation is 2. The molecule has 1 aliphatic heterocycles. The predicted octanol–water partition coefficient (Wildman–Crippen LogP) is 1.81. The van der Waals surface area contributed by atoms with E-state index in [4.69, 9.17) is 13.7 Å². The van der Waals surface area contributed by atoms with Gasteiger partial charge in [-0.15, -0.1) is 0 Å². The number of hydrogen-bond acceptors (Lipinski definition) is 3. The van der Waals surface area contributed by atoms with Crippen molar-refractivity contribution in [2.24, 2.45) is 0 Å². The van der Waals surface area contributed by atoms with Gasteiger partial charge >= 0.3 is 7.12 Å². The van der Waals surface area contributed by atoms with Crippen molar-refractivity contribution in [3.63, 3.8) is 0 Å². The third-order valence-electron chi connectivity index (χ3n) is 3.05. The lowest BCUT2D eigenvalue weighted by Crippen LogP contribution is -2.35. The Bertz CT molecular complexity index is 370. The average Bonchev–Trinajstić information content (AvgIpc) is 2.54. The van der Waals surface area contributed by atoms with Crippen LogP contribution in [0.5, 0.6) is 0 Å². The topological polar surface area (TPSA) is 31.6 Å². The van der Waals surface area contributed by atoms with Crippen molar-refractivity contribution in [3.8, 4) is 0 Å². The Balaban J connectivity index is 2.24. The standard InChI is InChI=1S/C11H17BO3/c1-7-6-10(8(2)13-7)12-14-9(3)11(4,5)15-12/h6,9H,1-5H3. The summed E-state index contributed by atoms with van der Waals surface area (Å²) in [4.78, 5) is 0. The fourth-order valence-corrected chi connectivity index (χ4v) is 1.77. The summed E-state index contributed by atoms with van der Waals surface area (Å²) < 4.78 is 17.1. The minimum Gasteiger partial charge on any atom is -0.467 e. The van der Waals surface area contributed by atoms with Crippen molar-refractivity contribution >= 4 is 12.6 Å². The lowest BCUT2D eigenvalue weighted by molar-refractivity contribution is 0.0842. The van der Waals surface area contributed by atoms with Crippen molar-refractivity contribution in [1.29, 1.82) is 0 Å². The zero-order valence-corrected chi connectivity index (χ0v) is 9.96. The van der Waals surface area contributed by atoms with Gasteiger partial charge in [0.15, 0.2) is 0 Å². The van der Waals surface area contributed by atoms with Crippen LogP contribution in [-0.2, 0) is 9.31 Å². The smallest absolute Gasteiger partial charge is 0.467 e. The molecule has 1 aromatic rings. The van der Waals surface area contributed by atoms with E-state index in [2.05, 4.69) is 0 Å². The van der Waals surface area contributed by atoms with Crippen LogP contribution in [0, 0.1) is 13.8 Å². The minimum absolute atomic E-state index is 0.0945. The first-order valence-electron chi connectivity index (χ1n) is 5.30. The molecule has 2 rings (SSSR count). The Morgan fingerprint density at radius 2 is 2.00 bits per heavy atom. The van der Waals surface area contributed by atoms with Gasteiger partial charge in [-0.05, 0) is 40.7 Å². The molecule has 0 aromatic carbocycles. The Morgan fingerprint density at radius 3 is 2.40 bits per heavy atom. The lowest BCUT2D eigenvalue weighted by atomic mass is 9.79. The van der Waals surface area contributed by atoms with Gasteiger partial charge in [-0.3, -0.25) is 0 Å².